The van der Waals surface area contributed by atoms with E-state index in [2.05, 4.69) is 145 Å². The number of hydrogen-bond donors (Lipinski definition) is 0. The summed E-state index contributed by atoms with van der Waals surface area (Å²) >= 11 is 1.89. The van der Waals surface area contributed by atoms with E-state index >= 15 is 0 Å². The lowest BCUT2D eigenvalue weighted by Gasteiger charge is -2.21. The normalized spacial score (nSPS) is 11.7. The highest BCUT2D eigenvalue weighted by molar-refractivity contribution is 7.26. The molecule has 1 heterocycles. The van der Waals surface area contributed by atoms with Crippen LogP contribution in [0.4, 0.5) is 11.4 Å². The molecule has 2 heteroatoms. The molecule has 0 aliphatic carbocycles. The van der Waals surface area contributed by atoms with Gasteiger partial charge in [-0.05, 0) is 73.8 Å². The lowest BCUT2D eigenvalue weighted by molar-refractivity contribution is 1.23. The average Bonchev–Trinajstić information content (AvgIpc) is 3.40. The number of fused-ring (bicyclic) bond motifs is 8. The minimum Gasteiger partial charge on any atom is -0.343 e. The van der Waals surface area contributed by atoms with Crippen molar-refractivity contribution >= 4 is 75.2 Å². The second-order valence-corrected chi connectivity index (χ2v) is 11.3. The van der Waals surface area contributed by atoms with Gasteiger partial charge in [0.2, 0.25) is 0 Å². The van der Waals surface area contributed by atoms with Gasteiger partial charge in [-0.15, -0.1) is 11.3 Å². The van der Waals surface area contributed by atoms with Crippen molar-refractivity contribution in [2.45, 2.75) is 0 Å². The van der Waals surface area contributed by atoms with Crippen molar-refractivity contribution in [2.75, 3.05) is 11.9 Å². The van der Waals surface area contributed by atoms with Crippen LogP contribution < -0.4 is 4.90 Å². The summed E-state index contributed by atoms with van der Waals surface area (Å²) in [5, 5.41) is 10.5. The Hall–Kier alpha value is -4.66. The first kappa shape index (κ1) is 22.3. The molecule has 0 N–H and O–H groups in total. The maximum atomic E-state index is 2.33. The van der Waals surface area contributed by atoms with E-state index in [1.165, 1.54) is 75.0 Å². The van der Waals surface area contributed by atoms with Crippen LogP contribution in [0.3, 0.4) is 0 Å². The Morgan fingerprint density at radius 3 is 2.00 bits per heavy atom. The summed E-state index contributed by atoms with van der Waals surface area (Å²) in [6.45, 7) is 0. The third-order valence-corrected chi connectivity index (χ3v) is 9.25. The molecular formula is C37H25NS. The van der Waals surface area contributed by atoms with Gasteiger partial charge in [0.25, 0.3) is 0 Å². The van der Waals surface area contributed by atoms with Crippen molar-refractivity contribution in [3.05, 3.63) is 133 Å². The predicted octanol–water partition coefficient (Wildman–Crippen LogP) is 10.9. The molecule has 0 radical (unpaired) electrons. The molecule has 7 aromatic carbocycles. The van der Waals surface area contributed by atoms with Gasteiger partial charge in [-0.1, -0.05) is 103 Å². The van der Waals surface area contributed by atoms with Crippen molar-refractivity contribution < 1.29 is 0 Å². The van der Waals surface area contributed by atoms with Crippen LogP contribution in [0.15, 0.2) is 133 Å². The van der Waals surface area contributed by atoms with Crippen LogP contribution >= 0.6 is 11.3 Å². The number of nitrogens with zero attached hydrogens (tertiary/aromatic N) is 1. The van der Waals surface area contributed by atoms with E-state index in [4.69, 9.17) is 0 Å². The molecule has 1 nitrogen and oxygen atoms in total. The Balaban J connectivity index is 1.24. The summed E-state index contributed by atoms with van der Waals surface area (Å²) < 4.78 is 2.67. The molecule has 0 spiro atoms. The molecule has 0 saturated carbocycles. The van der Waals surface area contributed by atoms with Crippen LogP contribution in [0.5, 0.6) is 0 Å². The summed E-state index contributed by atoms with van der Waals surface area (Å²) in [6, 6.07) is 48.7. The summed E-state index contributed by atoms with van der Waals surface area (Å²) in [7, 11) is 2.18. The molecule has 0 atom stereocenters. The zero-order valence-electron chi connectivity index (χ0n) is 21.6. The minimum absolute atomic E-state index is 1.18. The van der Waals surface area contributed by atoms with Gasteiger partial charge in [0.1, 0.15) is 0 Å². The maximum Gasteiger partial charge on any atom is 0.0592 e. The average molecular weight is 516 g/mol. The first-order valence-corrected chi connectivity index (χ1v) is 14.2. The maximum absolute atomic E-state index is 2.33. The largest absolute Gasteiger partial charge is 0.343 e. The van der Waals surface area contributed by atoms with E-state index < -0.39 is 0 Å². The topological polar surface area (TPSA) is 3.24 Å². The number of anilines is 2. The van der Waals surface area contributed by atoms with Gasteiger partial charge in [-0.25, -0.2) is 0 Å². The van der Waals surface area contributed by atoms with Crippen LogP contribution in [0.2, 0.25) is 0 Å². The van der Waals surface area contributed by atoms with Gasteiger partial charge in [0.05, 0.1) is 10.4 Å². The minimum atomic E-state index is 1.18. The first-order chi connectivity index (χ1) is 19.3. The SMILES string of the molecule is CN(c1ccc(-c2cc3ccccc3c3ccccc23)cc1)c1cccc2c1sc1ccc3ccccc3c12. The van der Waals surface area contributed by atoms with E-state index in [0.29, 0.717) is 0 Å². The van der Waals surface area contributed by atoms with Crippen molar-refractivity contribution in [1.29, 1.82) is 0 Å². The number of rotatable bonds is 3. The first-order valence-electron chi connectivity index (χ1n) is 13.3. The molecule has 8 aromatic rings. The molecular weight excluding hydrogens is 490 g/mol. The summed E-state index contributed by atoms with van der Waals surface area (Å²) in [6.07, 6.45) is 0. The predicted molar refractivity (Wildman–Crippen MR) is 172 cm³/mol. The highest BCUT2D eigenvalue weighted by atomic mass is 32.1. The monoisotopic (exact) mass is 515 g/mol. The molecule has 0 amide bonds. The van der Waals surface area contributed by atoms with Crippen LogP contribution in [0, 0.1) is 0 Å². The Morgan fingerprint density at radius 1 is 0.513 bits per heavy atom. The fourth-order valence-electron chi connectivity index (χ4n) is 6.11. The summed E-state index contributed by atoms with van der Waals surface area (Å²) in [5.74, 6) is 0. The molecule has 0 aliphatic rings. The third kappa shape index (κ3) is 3.46. The van der Waals surface area contributed by atoms with Gasteiger partial charge in [0.15, 0.2) is 0 Å². The second-order valence-electron chi connectivity index (χ2n) is 10.2. The van der Waals surface area contributed by atoms with Crippen LogP contribution in [0.25, 0.3) is 63.6 Å². The zero-order chi connectivity index (χ0) is 25.9. The Bertz CT molecular complexity index is 2190. The Morgan fingerprint density at radius 2 is 1.18 bits per heavy atom. The molecule has 0 unspecified atom stereocenters. The van der Waals surface area contributed by atoms with Gasteiger partial charge >= 0.3 is 0 Å². The molecule has 0 bridgehead atoms. The highest BCUT2D eigenvalue weighted by Crippen LogP contribution is 2.44. The van der Waals surface area contributed by atoms with Crippen molar-refractivity contribution in [1.82, 2.24) is 0 Å². The summed E-state index contributed by atoms with van der Waals surface area (Å²) in [4.78, 5) is 2.32. The van der Waals surface area contributed by atoms with Crippen LogP contribution in [-0.4, -0.2) is 7.05 Å². The Kier molecular flexibility index (Phi) is 4.98. The van der Waals surface area contributed by atoms with E-state index in [9.17, 15) is 0 Å². The van der Waals surface area contributed by atoms with E-state index in [1.54, 1.807) is 0 Å². The Labute approximate surface area is 231 Å². The van der Waals surface area contributed by atoms with Gasteiger partial charge < -0.3 is 4.90 Å². The highest BCUT2D eigenvalue weighted by Gasteiger charge is 2.15. The lowest BCUT2D eigenvalue weighted by Crippen LogP contribution is -2.09. The molecule has 0 saturated heterocycles. The van der Waals surface area contributed by atoms with E-state index in [-0.39, 0.29) is 0 Å². The third-order valence-electron chi connectivity index (χ3n) is 8.06. The zero-order valence-corrected chi connectivity index (χ0v) is 22.4. The molecule has 0 fully saturated rings. The van der Waals surface area contributed by atoms with Crippen LogP contribution in [-0.2, 0) is 0 Å². The fraction of sp³-hybridized carbons (Fsp3) is 0.0270. The van der Waals surface area contributed by atoms with Gasteiger partial charge in [-0.3, -0.25) is 0 Å². The molecule has 39 heavy (non-hydrogen) atoms. The van der Waals surface area contributed by atoms with Crippen molar-refractivity contribution in [3.8, 4) is 11.1 Å². The standard InChI is InChI=1S/C37H25NS/c1-38(34-16-8-15-32-36-29-12-5-2-9-24(29)19-22-35(36)39-37(32)34)27-20-17-25(18-21-27)33-23-26-10-3-4-11-28(26)30-13-6-7-14-31(30)33/h2-23H,1H3. The second kappa shape index (κ2) is 8.69. The van der Waals surface area contributed by atoms with Crippen molar-refractivity contribution in [2.24, 2.45) is 0 Å². The van der Waals surface area contributed by atoms with Gasteiger partial charge in [-0.2, -0.15) is 0 Å². The lowest BCUT2D eigenvalue weighted by atomic mass is 9.93. The van der Waals surface area contributed by atoms with Gasteiger partial charge in [0, 0.05) is 28.2 Å². The molecule has 184 valence electrons. The van der Waals surface area contributed by atoms with E-state index in [0.717, 1.165) is 0 Å². The quantitative estimate of drug-likeness (QED) is 0.212. The smallest absolute Gasteiger partial charge is 0.0592 e. The van der Waals surface area contributed by atoms with E-state index in [1.807, 2.05) is 11.3 Å². The molecule has 8 rings (SSSR count). The fourth-order valence-corrected chi connectivity index (χ4v) is 7.38. The summed E-state index contributed by atoms with van der Waals surface area (Å²) in [5.41, 5.74) is 4.93. The number of thiophene rings is 1. The molecule has 0 aliphatic heterocycles. The molecule has 1 aromatic heterocycles. The number of hydrogen-bond acceptors (Lipinski definition) is 2. The number of benzene rings is 7. The van der Waals surface area contributed by atoms with Crippen molar-refractivity contribution in [3.63, 3.8) is 0 Å². The van der Waals surface area contributed by atoms with Crippen LogP contribution in [0.1, 0.15) is 0 Å².